The van der Waals surface area contributed by atoms with Crippen LogP contribution in [0.4, 0.5) is 4.39 Å². The zero-order chi connectivity index (χ0) is 11.8. The third kappa shape index (κ3) is 1.73. The van der Waals surface area contributed by atoms with E-state index in [1.54, 1.807) is 40.9 Å². The van der Waals surface area contributed by atoms with Crippen LogP contribution in [0.5, 0.6) is 5.75 Å². The summed E-state index contributed by atoms with van der Waals surface area (Å²) in [7, 11) is 0. The molecule has 0 spiro atoms. The first-order valence-corrected chi connectivity index (χ1v) is 5.16. The smallest absolute Gasteiger partial charge is 0.139 e. The molecule has 2 heterocycles. The largest absolute Gasteiger partial charge is 0.508 e. The van der Waals surface area contributed by atoms with E-state index < -0.39 is 0 Å². The standard InChI is InChI=1S/C13H9FN2O/c14-10-3-6-13-15-12(8-16(13)7-10)9-1-4-11(17)5-2-9/h1-8,17H. The van der Waals surface area contributed by atoms with Gasteiger partial charge in [0, 0.05) is 18.0 Å². The normalized spacial score (nSPS) is 10.9. The van der Waals surface area contributed by atoms with Crippen LogP contribution in [0, 0.1) is 5.82 Å². The molecular weight excluding hydrogens is 219 g/mol. The summed E-state index contributed by atoms with van der Waals surface area (Å²) in [4.78, 5) is 4.37. The molecule has 1 N–H and O–H groups in total. The second-order valence-electron chi connectivity index (χ2n) is 3.79. The summed E-state index contributed by atoms with van der Waals surface area (Å²) in [6, 6.07) is 9.74. The molecule has 0 radical (unpaired) electrons. The van der Waals surface area contributed by atoms with E-state index in [0.29, 0.717) is 5.65 Å². The second-order valence-corrected chi connectivity index (χ2v) is 3.79. The van der Waals surface area contributed by atoms with E-state index in [-0.39, 0.29) is 11.6 Å². The molecule has 3 aromatic rings. The average molecular weight is 228 g/mol. The fraction of sp³-hybridized carbons (Fsp3) is 0. The summed E-state index contributed by atoms with van der Waals surface area (Å²) >= 11 is 0. The molecule has 0 aliphatic rings. The van der Waals surface area contributed by atoms with E-state index in [1.807, 2.05) is 0 Å². The van der Waals surface area contributed by atoms with Crippen molar-refractivity contribution in [2.75, 3.05) is 0 Å². The number of rotatable bonds is 1. The Kier molecular flexibility index (Phi) is 2.08. The highest BCUT2D eigenvalue weighted by Gasteiger charge is 2.04. The summed E-state index contributed by atoms with van der Waals surface area (Å²) < 4.78 is 14.7. The van der Waals surface area contributed by atoms with Gasteiger partial charge in [-0.2, -0.15) is 0 Å². The number of aromatic nitrogens is 2. The Bertz CT molecular complexity index is 673. The number of halogens is 1. The molecule has 0 unspecified atom stereocenters. The van der Waals surface area contributed by atoms with Crippen LogP contribution in [0.25, 0.3) is 16.9 Å². The molecular formula is C13H9FN2O. The first kappa shape index (κ1) is 9.84. The molecule has 0 saturated carbocycles. The Balaban J connectivity index is 2.14. The van der Waals surface area contributed by atoms with Gasteiger partial charge in [-0.25, -0.2) is 9.37 Å². The van der Waals surface area contributed by atoms with Crippen LogP contribution in [0.15, 0.2) is 48.8 Å². The van der Waals surface area contributed by atoms with Gasteiger partial charge < -0.3 is 9.51 Å². The van der Waals surface area contributed by atoms with Crippen molar-refractivity contribution < 1.29 is 9.50 Å². The first-order chi connectivity index (χ1) is 8.22. The lowest BCUT2D eigenvalue weighted by molar-refractivity contribution is 0.475. The molecule has 17 heavy (non-hydrogen) atoms. The van der Waals surface area contributed by atoms with E-state index in [4.69, 9.17) is 0 Å². The van der Waals surface area contributed by atoms with Crippen LogP contribution >= 0.6 is 0 Å². The number of pyridine rings is 1. The van der Waals surface area contributed by atoms with Crippen molar-refractivity contribution in [1.82, 2.24) is 9.38 Å². The van der Waals surface area contributed by atoms with E-state index in [1.165, 1.54) is 12.3 Å². The van der Waals surface area contributed by atoms with Crippen molar-refractivity contribution in [3.8, 4) is 17.0 Å². The van der Waals surface area contributed by atoms with Crippen LogP contribution in [0.3, 0.4) is 0 Å². The highest BCUT2D eigenvalue weighted by molar-refractivity contribution is 5.63. The summed E-state index contributed by atoms with van der Waals surface area (Å²) in [6.07, 6.45) is 3.14. The van der Waals surface area contributed by atoms with E-state index in [2.05, 4.69) is 4.98 Å². The highest BCUT2D eigenvalue weighted by Crippen LogP contribution is 2.21. The van der Waals surface area contributed by atoms with E-state index in [0.717, 1.165) is 11.3 Å². The minimum atomic E-state index is -0.299. The van der Waals surface area contributed by atoms with Crippen LogP contribution < -0.4 is 0 Å². The van der Waals surface area contributed by atoms with E-state index >= 15 is 0 Å². The molecule has 0 bridgehead atoms. The third-order valence-corrected chi connectivity index (χ3v) is 2.58. The number of aromatic hydroxyl groups is 1. The molecule has 2 aromatic heterocycles. The van der Waals surface area contributed by atoms with Crippen molar-refractivity contribution in [1.29, 1.82) is 0 Å². The Morgan fingerprint density at radius 2 is 1.76 bits per heavy atom. The molecule has 0 aliphatic carbocycles. The van der Waals surface area contributed by atoms with E-state index in [9.17, 15) is 9.50 Å². The molecule has 4 heteroatoms. The number of fused-ring (bicyclic) bond motifs is 1. The number of phenols is 1. The fourth-order valence-corrected chi connectivity index (χ4v) is 1.74. The lowest BCUT2D eigenvalue weighted by Crippen LogP contribution is -1.83. The van der Waals surface area contributed by atoms with Gasteiger partial charge in [-0.3, -0.25) is 0 Å². The monoisotopic (exact) mass is 228 g/mol. The predicted molar refractivity (Wildman–Crippen MR) is 62.3 cm³/mol. The van der Waals surface area contributed by atoms with Crippen LogP contribution in [-0.4, -0.2) is 14.5 Å². The third-order valence-electron chi connectivity index (χ3n) is 2.58. The van der Waals surface area contributed by atoms with Crippen LogP contribution in [-0.2, 0) is 0 Å². The predicted octanol–water partition coefficient (Wildman–Crippen LogP) is 2.85. The number of benzene rings is 1. The zero-order valence-corrected chi connectivity index (χ0v) is 8.84. The second kappa shape index (κ2) is 3.59. The number of hydrogen-bond donors (Lipinski definition) is 1. The number of nitrogens with zero attached hydrogens (tertiary/aromatic N) is 2. The lowest BCUT2D eigenvalue weighted by Gasteiger charge is -1.95. The van der Waals surface area contributed by atoms with Gasteiger partial charge in [-0.15, -0.1) is 0 Å². The lowest BCUT2D eigenvalue weighted by atomic mass is 10.2. The van der Waals surface area contributed by atoms with Gasteiger partial charge in [0.15, 0.2) is 0 Å². The first-order valence-electron chi connectivity index (χ1n) is 5.16. The summed E-state index contributed by atoms with van der Waals surface area (Å²) in [5.41, 5.74) is 2.32. The molecule has 0 saturated heterocycles. The Hall–Kier alpha value is -2.36. The topological polar surface area (TPSA) is 37.5 Å². The molecule has 0 amide bonds. The Morgan fingerprint density at radius 3 is 2.53 bits per heavy atom. The van der Waals surface area contributed by atoms with Gasteiger partial charge in [0.25, 0.3) is 0 Å². The van der Waals surface area contributed by atoms with Gasteiger partial charge in [0.05, 0.1) is 5.69 Å². The minimum Gasteiger partial charge on any atom is -0.508 e. The van der Waals surface area contributed by atoms with Crippen molar-refractivity contribution in [2.45, 2.75) is 0 Å². The Morgan fingerprint density at radius 1 is 1.00 bits per heavy atom. The molecule has 3 nitrogen and oxygen atoms in total. The van der Waals surface area contributed by atoms with Crippen molar-refractivity contribution in [2.24, 2.45) is 0 Å². The van der Waals surface area contributed by atoms with Crippen LogP contribution in [0.1, 0.15) is 0 Å². The van der Waals surface area contributed by atoms with Crippen molar-refractivity contribution >= 4 is 5.65 Å². The maximum Gasteiger partial charge on any atom is 0.139 e. The highest BCUT2D eigenvalue weighted by atomic mass is 19.1. The van der Waals surface area contributed by atoms with Gasteiger partial charge >= 0.3 is 0 Å². The summed E-state index contributed by atoms with van der Waals surface area (Å²) in [6.45, 7) is 0. The Labute approximate surface area is 96.8 Å². The zero-order valence-electron chi connectivity index (χ0n) is 8.84. The van der Waals surface area contributed by atoms with Gasteiger partial charge in [-0.1, -0.05) is 0 Å². The molecule has 3 rings (SSSR count). The quantitative estimate of drug-likeness (QED) is 0.695. The average Bonchev–Trinajstić information content (AvgIpc) is 2.72. The molecule has 1 aromatic carbocycles. The summed E-state index contributed by atoms with van der Waals surface area (Å²) in [5, 5.41) is 9.20. The SMILES string of the molecule is Oc1ccc(-c2cn3cc(F)ccc3n2)cc1. The maximum atomic E-state index is 13.0. The fourth-order valence-electron chi connectivity index (χ4n) is 1.74. The van der Waals surface area contributed by atoms with Crippen molar-refractivity contribution in [3.63, 3.8) is 0 Å². The minimum absolute atomic E-state index is 0.212. The molecule has 0 fully saturated rings. The number of hydrogen-bond acceptors (Lipinski definition) is 2. The van der Waals surface area contributed by atoms with Crippen molar-refractivity contribution in [3.05, 3.63) is 54.6 Å². The van der Waals surface area contributed by atoms with Gasteiger partial charge in [0.1, 0.15) is 17.2 Å². The molecule has 0 aliphatic heterocycles. The van der Waals surface area contributed by atoms with Crippen LogP contribution in [0.2, 0.25) is 0 Å². The number of phenolic OH excluding ortho intramolecular Hbond substituents is 1. The summed E-state index contributed by atoms with van der Waals surface area (Å²) in [5.74, 6) is -0.0873. The number of imidazole rings is 1. The van der Waals surface area contributed by atoms with Gasteiger partial charge in [-0.05, 0) is 36.4 Å². The maximum absolute atomic E-state index is 13.0. The van der Waals surface area contributed by atoms with Gasteiger partial charge in [0.2, 0.25) is 0 Å². The molecule has 0 atom stereocenters. The molecule has 84 valence electrons.